The van der Waals surface area contributed by atoms with Crippen LogP contribution < -0.4 is 9.62 Å². The van der Waals surface area contributed by atoms with Crippen LogP contribution in [0, 0.1) is 0 Å². The van der Waals surface area contributed by atoms with Crippen LogP contribution in [0.2, 0.25) is 10.0 Å². The Hall–Kier alpha value is -3.30. The van der Waals surface area contributed by atoms with Gasteiger partial charge < -0.3 is 10.1 Å². The lowest BCUT2D eigenvalue weighted by molar-refractivity contribution is 0.102. The van der Waals surface area contributed by atoms with Crippen LogP contribution in [0.15, 0.2) is 79.1 Å². The summed E-state index contributed by atoms with van der Waals surface area (Å²) in [6, 6.07) is 15.8. The Kier molecular flexibility index (Phi) is 9.47. The van der Waals surface area contributed by atoms with Gasteiger partial charge in [0, 0.05) is 29.0 Å². The normalized spacial score (nSPS) is 15.3. The third-order valence-corrected chi connectivity index (χ3v) is 7.57. The summed E-state index contributed by atoms with van der Waals surface area (Å²) in [5.41, 5.74) is 3.70. The summed E-state index contributed by atoms with van der Waals surface area (Å²) >= 11 is 12.9. The molecular formula is C28H26Cl2N4O3S. The van der Waals surface area contributed by atoms with Crippen LogP contribution in [-0.4, -0.2) is 39.2 Å². The molecule has 38 heavy (non-hydrogen) atoms. The first-order valence-corrected chi connectivity index (χ1v) is 13.9. The van der Waals surface area contributed by atoms with Gasteiger partial charge in [-0.15, -0.1) is 0 Å². The number of halogens is 2. The van der Waals surface area contributed by atoms with Crippen molar-refractivity contribution in [3.05, 3.63) is 94.8 Å². The quantitative estimate of drug-likeness (QED) is 0.271. The van der Waals surface area contributed by atoms with E-state index in [1.54, 1.807) is 53.1 Å². The third-order valence-electron chi connectivity index (χ3n) is 5.68. The monoisotopic (exact) mass is 568 g/mol. The third kappa shape index (κ3) is 6.57. The summed E-state index contributed by atoms with van der Waals surface area (Å²) in [6.07, 6.45) is 7.43. The lowest BCUT2D eigenvalue weighted by Crippen LogP contribution is -2.36. The molecule has 196 valence electrons. The minimum absolute atomic E-state index is 0.141. The summed E-state index contributed by atoms with van der Waals surface area (Å²) < 4.78 is 19.1. The molecule has 0 aliphatic carbocycles. The topological polar surface area (TPSA) is 84.4 Å². The van der Waals surface area contributed by atoms with E-state index in [-0.39, 0.29) is 16.9 Å². The number of carbonyl (C=O) groups excluding carboxylic acids is 1. The number of carbonyl (C=O) groups is 1. The molecule has 2 aromatic carbocycles. The van der Waals surface area contributed by atoms with E-state index in [0.29, 0.717) is 46.4 Å². The van der Waals surface area contributed by atoms with Crippen molar-refractivity contribution in [1.82, 2.24) is 9.97 Å². The van der Waals surface area contributed by atoms with Crippen molar-refractivity contribution in [2.45, 2.75) is 13.8 Å². The molecule has 0 saturated carbocycles. The SMILES string of the molecule is C/C=C\C.O=C(Nc1ccc(Cl)c(-c2ccc3cnccc3n2)c1)c1ccc(N2CCOCS2=O)cc1Cl. The fourth-order valence-electron chi connectivity index (χ4n) is 3.65. The number of hydrogen-bond donors (Lipinski definition) is 1. The second kappa shape index (κ2) is 13.0. The second-order valence-electron chi connectivity index (χ2n) is 8.19. The molecule has 4 aromatic rings. The number of nitrogens with one attached hydrogen (secondary N) is 1. The highest BCUT2D eigenvalue weighted by atomic mass is 35.5. The zero-order chi connectivity index (χ0) is 27.1. The number of allylic oxidation sites excluding steroid dienone is 2. The Bertz CT molecular complexity index is 1510. The van der Waals surface area contributed by atoms with Crippen LogP contribution in [0.4, 0.5) is 11.4 Å². The number of amides is 1. The van der Waals surface area contributed by atoms with Crippen molar-refractivity contribution in [1.29, 1.82) is 0 Å². The van der Waals surface area contributed by atoms with Gasteiger partial charge in [0.1, 0.15) is 16.9 Å². The Labute approximate surface area is 234 Å². The standard InChI is InChI=1S/C24H18Cl2N4O3S.C4H8/c25-20-5-2-16(11-19(20)23-6-1-15-13-27-8-7-22(15)29-23)28-24(31)18-4-3-17(12-21(18)26)30-9-10-33-14-34(30)32;1-3-4-2/h1-8,11-13H,9-10,14H2,(H,28,31);3-4H,1-2H3/b;4-3-. The molecule has 1 atom stereocenters. The Morgan fingerprint density at radius 1 is 1.05 bits per heavy atom. The number of nitrogens with zero attached hydrogens (tertiary/aromatic N) is 3. The fraction of sp³-hybridized carbons (Fsp3) is 0.179. The molecule has 0 radical (unpaired) electrons. The summed E-state index contributed by atoms with van der Waals surface area (Å²) in [7, 11) is -1.29. The van der Waals surface area contributed by atoms with Gasteiger partial charge in [-0.05, 0) is 68.4 Å². The minimum atomic E-state index is -1.29. The van der Waals surface area contributed by atoms with E-state index in [2.05, 4.69) is 15.3 Å². The lowest BCUT2D eigenvalue weighted by Gasteiger charge is -2.27. The van der Waals surface area contributed by atoms with Crippen molar-refractivity contribution in [2.75, 3.05) is 28.7 Å². The Morgan fingerprint density at radius 2 is 1.87 bits per heavy atom. The Balaban J connectivity index is 0.000000786. The van der Waals surface area contributed by atoms with Gasteiger partial charge in [0.2, 0.25) is 0 Å². The second-order valence-corrected chi connectivity index (χ2v) is 10.3. The number of pyridine rings is 2. The van der Waals surface area contributed by atoms with E-state index in [9.17, 15) is 9.00 Å². The molecule has 1 fully saturated rings. The van der Waals surface area contributed by atoms with E-state index in [0.717, 1.165) is 10.9 Å². The first-order valence-electron chi connectivity index (χ1n) is 11.8. The van der Waals surface area contributed by atoms with Gasteiger partial charge in [-0.3, -0.25) is 14.1 Å². The number of rotatable bonds is 4. The van der Waals surface area contributed by atoms with E-state index >= 15 is 0 Å². The van der Waals surface area contributed by atoms with Crippen molar-refractivity contribution >= 4 is 62.4 Å². The molecule has 1 N–H and O–H groups in total. The predicted molar refractivity (Wildman–Crippen MR) is 156 cm³/mol. The van der Waals surface area contributed by atoms with Gasteiger partial charge >= 0.3 is 0 Å². The highest BCUT2D eigenvalue weighted by molar-refractivity contribution is 7.86. The molecule has 1 amide bonds. The average molecular weight is 570 g/mol. The zero-order valence-electron chi connectivity index (χ0n) is 20.9. The number of fused-ring (bicyclic) bond motifs is 1. The maximum atomic E-state index is 12.9. The number of anilines is 2. The van der Waals surface area contributed by atoms with E-state index in [1.807, 2.05) is 44.2 Å². The van der Waals surface area contributed by atoms with Crippen LogP contribution in [0.5, 0.6) is 0 Å². The number of aromatic nitrogens is 2. The molecule has 7 nitrogen and oxygen atoms in total. The summed E-state index contributed by atoms with van der Waals surface area (Å²) in [5.74, 6) is -0.229. The number of hydrogen-bond acceptors (Lipinski definition) is 5. The maximum Gasteiger partial charge on any atom is 0.257 e. The van der Waals surface area contributed by atoms with Crippen LogP contribution in [-0.2, 0) is 15.7 Å². The minimum Gasteiger partial charge on any atom is -0.364 e. The molecule has 2 aromatic heterocycles. The molecule has 0 bridgehead atoms. The first kappa shape index (κ1) is 27.7. The summed E-state index contributed by atoms with van der Waals surface area (Å²) in [4.78, 5) is 21.7. The van der Waals surface area contributed by atoms with Crippen molar-refractivity contribution in [3.63, 3.8) is 0 Å². The van der Waals surface area contributed by atoms with Crippen LogP contribution in [0.1, 0.15) is 24.2 Å². The molecule has 1 aliphatic rings. The van der Waals surface area contributed by atoms with Crippen molar-refractivity contribution in [2.24, 2.45) is 0 Å². The van der Waals surface area contributed by atoms with Crippen molar-refractivity contribution < 1.29 is 13.7 Å². The zero-order valence-corrected chi connectivity index (χ0v) is 23.2. The highest BCUT2D eigenvalue weighted by Crippen LogP contribution is 2.31. The summed E-state index contributed by atoms with van der Waals surface area (Å²) in [6.45, 7) is 4.97. The fourth-order valence-corrected chi connectivity index (χ4v) is 5.14. The molecule has 5 rings (SSSR count). The molecule has 10 heteroatoms. The highest BCUT2D eigenvalue weighted by Gasteiger charge is 2.21. The molecule has 1 aliphatic heterocycles. The number of ether oxygens (including phenoxy) is 1. The predicted octanol–water partition coefficient (Wildman–Crippen LogP) is 6.90. The molecular weight excluding hydrogens is 543 g/mol. The van der Waals surface area contributed by atoms with Gasteiger partial charge in [0.15, 0.2) is 0 Å². The smallest absolute Gasteiger partial charge is 0.257 e. The van der Waals surface area contributed by atoms with Crippen LogP contribution >= 0.6 is 23.2 Å². The number of benzene rings is 2. The molecule has 3 heterocycles. The van der Waals surface area contributed by atoms with Gasteiger partial charge in [-0.25, -0.2) is 9.19 Å². The summed E-state index contributed by atoms with van der Waals surface area (Å²) in [5, 5.41) is 4.57. The lowest BCUT2D eigenvalue weighted by atomic mass is 10.1. The first-order chi connectivity index (χ1) is 18.4. The Morgan fingerprint density at radius 3 is 2.61 bits per heavy atom. The van der Waals surface area contributed by atoms with E-state index in [4.69, 9.17) is 27.9 Å². The molecule has 1 saturated heterocycles. The van der Waals surface area contributed by atoms with E-state index in [1.165, 1.54) is 0 Å². The van der Waals surface area contributed by atoms with Gasteiger partial charge in [0.05, 0.1) is 45.7 Å². The van der Waals surface area contributed by atoms with Crippen molar-refractivity contribution in [3.8, 4) is 11.3 Å². The van der Waals surface area contributed by atoms with Crippen LogP contribution in [0.3, 0.4) is 0 Å². The van der Waals surface area contributed by atoms with Gasteiger partial charge in [-0.2, -0.15) is 0 Å². The van der Waals surface area contributed by atoms with Crippen LogP contribution in [0.25, 0.3) is 22.2 Å². The largest absolute Gasteiger partial charge is 0.364 e. The molecule has 1 unspecified atom stereocenters. The maximum absolute atomic E-state index is 12.9. The molecule has 0 spiro atoms. The van der Waals surface area contributed by atoms with E-state index < -0.39 is 11.0 Å². The average Bonchev–Trinajstić information content (AvgIpc) is 2.94. The van der Waals surface area contributed by atoms with Gasteiger partial charge in [-0.1, -0.05) is 35.4 Å². The van der Waals surface area contributed by atoms with Gasteiger partial charge in [0.25, 0.3) is 5.91 Å².